The molecule has 1 heterocycles. The Bertz CT molecular complexity index is 313. The zero-order valence-corrected chi connectivity index (χ0v) is 8.72. The lowest BCUT2D eigenvalue weighted by Gasteiger charge is -2.15. The summed E-state index contributed by atoms with van der Waals surface area (Å²) in [6.45, 7) is 5.69. The van der Waals surface area contributed by atoms with Crippen LogP contribution in [0, 0.1) is 0 Å². The van der Waals surface area contributed by atoms with E-state index in [-0.39, 0.29) is 5.95 Å². The van der Waals surface area contributed by atoms with Crippen molar-refractivity contribution < 1.29 is 0 Å². The van der Waals surface area contributed by atoms with Crippen molar-refractivity contribution in [2.45, 2.75) is 13.3 Å². The zero-order chi connectivity index (χ0) is 9.84. The highest BCUT2D eigenvalue weighted by molar-refractivity contribution is 7.19. The maximum Gasteiger partial charge on any atom is 0.221 e. The molecule has 4 nitrogen and oxygen atoms in total. The molecule has 0 radical (unpaired) electrons. The molecule has 1 aromatic heterocycles. The predicted octanol–water partition coefficient (Wildman–Crippen LogP) is 1.36. The number of aryl methyl sites for hydroxylation is 1. The summed E-state index contributed by atoms with van der Waals surface area (Å²) in [5.74, 6) is 1.07. The van der Waals surface area contributed by atoms with Crippen molar-refractivity contribution in [3.05, 3.63) is 24.5 Å². The fourth-order valence-corrected chi connectivity index (χ4v) is 1.19. The number of hydrogen-bond acceptors (Lipinski definition) is 4. The molecule has 0 aromatic carbocycles. The van der Waals surface area contributed by atoms with E-state index in [0.29, 0.717) is 0 Å². The van der Waals surface area contributed by atoms with Gasteiger partial charge in [-0.05, 0) is 15.8 Å². The van der Waals surface area contributed by atoms with E-state index in [2.05, 4.69) is 25.9 Å². The second-order valence-corrected chi connectivity index (χ2v) is 3.08. The normalized spacial score (nSPS) is 9.69. The number of rotatable bonds is 3. The van der Waals surface area contributed by atoms with Crippen LogP contribution >= 0.6 is 9.39 Å². The Kier molecular flexibility index (Phi) is 3.20. The molecule has 1 rings (SSSR count). The summed E-state index contributed by atoms with van der Waals surface area (Å²) in [5, 5.41) is 0. The molecule has 0 spiro atoms. The summed E-state index contributed by atoms with van der Waals surface area (Å²) in [4.78, 5) is 8.04. The predicted molar refractivity (Wildman–Crippen MR) is 58.2 cm³/mol. The molecule has 70 valence electrons. The first kappa shape index (κ1) is 9.93. The molecule has 0 amide bonds. The van der Waals surface area contributed by atoms with E-state index in [1.807, 2.05) is 6.92 Å². The van der Waals surface area contributed by atoms with E-state index in [1.165, 1.54) is 0 Å². The molecular formula is C8H13N4P. The number of nitrogen functional groups attached to an aromatic ring is 1. The highest BCUT2D eigenvalue weighted by atomic mass is 31.0. The van der Waals surface area contributed by atoms with Crippen molar-refractivity contribution in [2.24, 2.45) is 0 Å². The first-order chi connectivity index (χ1) is 6.19. The molecule has 5 heteroatoms. The first-order valence-electron chi connectivity index (χ1n) is 3.97. The van der Waals surface area contributed by atoms with E-state index in [9.17, 15) is 0 Å². The molecule has 0 bridgehead atoms. The second kappa shape index (κ2) is 4.19. The Morgan fingerprint density at radius 2 is 2.46 bits per heavy atom. The molecule has 1 atom stereocenters. The third-order valence-corrected chi connectivity index (χ3v) is 2.14. The van der Waals surface area contributed by atoms with Crippen molar-refractivity contribution in [3.8, 4) is 0 Å². The van der Waals surface area contributed by atoms with Gasteiger partial charge in [0.2, 0.25) is 5.95 Å². The summed E-state index contributed by atoms with van der Waals surface area (Å²) in [5.41, 5.74) is 6.53. The number of nitrogens with zero attached hydrogens (tertiary/aromatic N) is 3. The van der Waals surface area contributed by atoms with Crippen LogP contribution in [0.5, 0.6) is 0 Å². The smallest absolute Gasteiger partial charge is 0.221 e. The van der Waals surface area contributed by atoms with Crippen LogP contribution in [0.2, 0.25) is 0 Å². The summed E-state index contributed by atoms with van der Waals surface area (Å²) in [6, 6.07) is 0. The van der Waals surface area contributed by atoms with Crippen molar-refractivity contribution in [2.75, 3.05) is 10.4 Å². The number of nitrogens with two attached hydrogens (primary N) is 1. The van der Waals surface area contributed by atoms with Gasteiger partial charge in [-0.2, -0.15) is 4.98 Å². The number of aromatic nitrogens is 2. The molecule has 1 aromatic rings. The first-order valence-corrected chi connectivity index (χ1v) is 4.48. The van der Waals surface area contributed by atoms with Gasteiger partial charge >= 0.3 is 0 Å². The third kappa shape index (κ3) is 2.16. The Morgan fingerprint density at radius 3 is 3.00 bits per heavy atom. The molecule has 1 unspecified atom stereocenters. The fourth-order valence-electron chi connectivity index (χ4n) is 0.970. The minimum absolute atomic E-state index is 0.279. The Balaban J connectivity index is 3.14. The second-order valence-electron chi connectivity index (χ2n) is 2.52. The molecule has 0 aliphatic rings. The number of anilines is 2. The van der Waals surface area contributed by atoms with E-state index < -0.39 is 0 Å². The van der Waals surface area contributed by atoms with Crippen LogP contribution in [0.4, 0.5) is 11.8 Å². The summed E-state index contributed by atoms with van der Waals surface area (Å²) in [7, 11) is 2.50. The van der Waals surface area contributed by atoms with Gasteiger partial charge in [0.15, 0.2) is 0 Å². The number of hydrogen-bond donors (Lipinski definition) is 1. The zero-order valence-electron chi connectivity index (χ0n) is 7.57. The van der Waals surface area contributed by atoms with Crippen molar-refractivity contribution in [3.63, 3.8) is 0 Å². The van der Waals surface area contributed by atoms with Crippen LogP contribution in [0.25, 0.3) is 0 Å². The minimum atomic E-state index is 0.279. The molecule has 0 aliphatic heterocycles. The Morgan fingerprint density at radius 1 is 1.77 bits per heavy atom. The van der Waals surface area contributed by atoms with Gasteiger partial charge in [0.25, 0.3) is 0 Å². The van der Waals surface area contributed by atoms with Crippen LogP contribution in [-0.2, 0) is 6.42 Å². The van der Waals surface area contributed by atoms with Gasteiger partial charge in [-0.15, -0.1) is 0 Å². The molecule has 0 saturated heterocycles. The van der Waals surface area contributed by atoms with E-state index in [4.69, 9.17) is 5.73 Å². The average molecular weight is 196 g/mol. The Labute approximate surface area is 80.1 Å². The molecule has 0 aliphatic carbocycles. The lowest BCUT2D eigenvalue weighted by atomic mass is 10.2. The quantitative estimate of drug-likeness (QED) is 0.741. The minimum Gasteiger partial charge on any atom is -0.368 e. The van der Waals surface area contributed by atoms with Crippen LogP contribution in [0.1, 0.15) is 12.5 Å². The van der Waals surface area contributed by atoms with Gasteiger partial charge < -0.3 is 10.4 Å². The van der Waals surface area contributed by atoms with Gasteiger partial charge in [-0.3, -0.25) is 0 Å². The fraction of sp³-hybridized carbons (Fsp3) is 0.250. The highest BCUT2D eigenvalue weighted by Gasteiger charge is 2.06. The lowest BCUT2D eigenvalue weighted by molar-refractivity contribution is 1.04. The van der Waals surface area contributed by atoms with Crippen molar-refractivity contribution in [1.82, 2.24) is 9.97 Å². The summed E-state index contributed by atoms with van der Waals surface area (Å²) >= 11 is 0. The van der Waals surface area contributed by atoms with E-state index >= 15 is 0 Å². The molecule has 0 saturated carbocycles. The SMILES string of the molecule is C=CN(P)c1nc(N)ncc1CC. The van der Waals surface area contributed by atoms with Gasteiger partial charge in [0, 0.05) is 18.0 Å². The lowest BCUT2D eigenvalue weighted by Crippen LogP contribution is -2.07. The standard InChI is InChI=1S/C8H13N4P/c1-3-6-5-10-8(9)11-7(6)12(13)4-2/h4-5H,2-3,13H2,1H3,(H2,9,10,11). The van der Waals surface area contributed by atoms with E-state index in [0.717, 1.165) is 17.8 Å². The van der Waals surface area contributed by atoms with Crippen LogP contribution in [-0.4, -0.2) is 9.97 Å². The van der Waals surface area contributed by atoms with Crippen LogP contribution < -0.4 is 10.4 Å². The van der Waals surface area contributed by atoms with Gasteiger partial charge in [0.05, 0.1) is 0 Å². The molecular weight excluding hydrogens is 183 g/mol. The highest BCUT2D eigenvalue weighted by Crippen LogP contribution is 2.21. The summed E-state index contributed by atoms with van der Waals surface area (Å²) in [6.07, 6.45) is 4.26. The van der Waals surface area contributed by atoms with Gasteiger partial charge in [-0.1, -0.05) is 13.5 Å². The van der Waals surface area contributed by atoms with Crippen molar-refractivity contribution in [1.29, 1.82) is 0 Å². The van der Waals surface area contributed by atoms with Gasteiger partial charge in [0.1, 0.15) is 5.82 Å². The van der Waals surface area contributed by atoms with Crippen molar-refractivity contribution >= 4 is 21.2 Å². The molecule has 0 fully saturated rings. The van der Waals surface area contributed by atoms with E-state index in [1.54, 1.807) is 17.1 Å². The average Bonchev–Trinajstić information content (AvgIpc) is 2.16. The molecule has 2 N–H and O–H groups in total. The largest absolute Gasteiger partial charge is 0.368 e. The van der Waals surface area contributed by atoms with Crippen LogP contribution in [0.15, 0.2) is 19.0 Å². The topological polar surface area (TPSA) is 55.0 Å². The Hall–Kier alpha value is -1.15. The maximum atomic E-state index is 5.48. The monoisotopic (exact) mass is 196 g/mol. The molecule has 13 heavy (non-hydrogen) atoms. The third-order valence-electron chi connectivity index (χ3n) is 1.68. The van der Waals surface area contributed by atoms with Gasteiger partial charge in [-0.25, -0.2) is 4.98 Å². The summed E-state index contributed by atoms with van der Waals surface area (Å²) < 4.78 is 1.75. The van der Waals surface area contributed by atoms with Crippen LogP contribution in [0.3, 0.4) is 0 Å². The maximum absolute atomic E-state index is 5.48.